The first-order chi connectivity index (χ1) is 5.91. The van der Waals surface area contributed by atoms with Crippen molar-refractivity contribution in [1.82, 2.24) is 0 Å². The molecule has 0 fully saturated rings. The van der Waals surface area contributed by atoms with E-state index < -0.39 is 30.4 Å². The van der Waals surface area contributed by atoms with Gasteiger partial charge < -0.3 is 30.3 Å². The molecule has 78 valence electrons. The van der Waals surface area contributed by atoms with Crippen molar-refractivity contribution in [2.45, 2.75) is 24.4 Å². The minimum absolute atomic E-state index is 0. The van der Waals surface area contributed by atoms with Crippen LogP contribution in [0.4, 0.5) is 0 Å². The Morgan fingerprint density at radius 1 is 1.07 bits per heavy atom. The Kier molecular flexibility index (Phi) is 7.99. The van der Waals surface area contributed by atoms with Crippen LogP contribution >= 0.6 is 0 Å². The predicted molar refractivity (Wildman–Crippen MR) is 37.7 cm³/mol. The van der Waals surface area contributed by atoms with E-state index in [-0.39, 0.29) is 25.8 Å². The molecule has 0 aromatic rings. The number of aliphatic carboxylic acids is 1. The van der Waals surface area contributed by atoms with Gasteiger partial charge in [-0.3, -0.25) is 0 Å². The minimum atomic E-state index is -2.25. The van der Waals surface area contributed by atoms with Crippen molar-refractivity contribution in [2.75, 3.05) is 0 Å². The average Bonchev–Trinajstić information content (AvgIpc) is 2.12. The van der Waals surface area contributed by atoms with Crippen molar-refractivity contribution in [2.24, 2.45) is 0 Å². The summed E-state index contributed by atoms with van der Waals surface area (Å²) < 4.78 is 0. The fourth-order valence-corrected chi connectivity index (χ4v) is 0.615. The second kappa shape index (κ2) is 6.97. The van der Waals surface area contributed by atoms with Crippen LogP contribution in [0.1, 0.15) is 0 Å². The number of hydrogen-bond acceptors (Lipinski definition) is 6. The van der Waals surface area contributed by atoms with Gasteiger partial charge in [-0.15, -0.1) is 0 Å². The quantitative estimate of drug-likeness (QED) is 0.258. The number of carbonyl (C=O) groups excluding carboxylic acids is 1. The Morgan fingerprint density at radius 3 is 1.79 bits per heavy atom. The fourth-order valence-electron chi connectivity index (χ4n) is 0.615. The Labute approximate surface area is 91.7 Å². The summed E-state index contributed by atoms with van der Waals surface area (Å²) >= 11 is 0. The Bertz CT molecular complexity index is 197. The van der Waals surface area contributed by atoms with Gasteiger partial charge in [0, 0.05) is 19.5 Å². The first-order valence-corrected chi connectivity index (χ1v) is 3.32. The van der Waals surface area contributed by atoms with E-state index in [4.69, 9.17) is 25.5 Å². The summed E-state index contributed by atoms with van der Waals surface area (Å²) in [5.41, 5.74) is 0. The number of carboxylic acids is 1. The molecular weight excluding hydrogens is 249 g/mol. The van der Waals surface area contributed by atoms with Crippen molar-refractivity contribution in [1.29, 1.82) is 0 Å². The van der Waals surface area contributed by atoms with E-state index in [1.807, 2.05) is 0 Å². The zero-order chi connectivity index (χ0) is 10.6. The van der Waals surface area contributed by atoms with Crippen LogP contribution in [0.25, 0.3) is 0 Å². The number of carbonyl (C=O) groups is 2. The summed E-state index contributed by atoms with van der Waals surface area (Å²) in [4.78, 5) is 20.0. The monoisotopic (exact) mass is 258 g/mol. The Morgan fingerprint density at radius 2 is 1.50 bits per heavy atom. The van der Waals surface area contributed by atoms with Crippen LogP contribution in [-0.4, -0.2) is 62.2 Å². The van der Waals surface area contributed by atoms with Crippen LogP contribution in [0.2, 0.25) is 0 Å². The SMILES string of the molecule is O=CC(O)C(O)C(O)C(O)C(=O)O.[Zn]. The number of rotatable bonds is 5. The fraction of sp³-hybridized carbons (Fsp3) is 0.667. The molecule has 0 bridgehead atoms. The molecule has 0 rings (SSSR count). The molecule has 0 spiro atoms. The molecule has 8 heteroatoms. The summed E-state index contributed by atoms with van der Waals surface area (Å²) in [6.45, 7) is 0. The molecule has 0 saturated carbocycles. The summed E-state index contributed by atoms with van der Waals surface area (Å²) in [5, 5.41) is 43.2. The van der Waals surface area contributed by atoms with Gasteiger partial charge in [-0.2, -0.15) is 0 Å². The van der Waals surface area contributed by atoms with Gasteiger partial charge in [-0.1, -0.05) is 0 Å². The molecule has 0 amide bonds. The molecule has 4 atom stereocenters. The molecule has 0 radical (unpaired) electrons. The third-order valence-electron chi connectivity index (χ3n) is 1.42. The standard InChI is InChI=1S/C6H10O7.Zn/c7-1-2(8)3(9)4(10)5(11)6(12)13;/h1-5,8-11H,(H,12,13);. The van der Waals surface area contributed by atoms with Crippen LogP contribution in [0.5, 0.6) is 0 Å². The molecule has 0 saturated heterocycles. The molecule has 0 aromatic heterocycles. The van der Waals surface area contributed by atoms with Gasteiger partial charge in [0.25, 0.3) is 0 Å². The molecule has 0 aliphatic heterocycles. The van der Waals surface area contributed by atoms with Gasteiger partial charge in [0.05, 0.1) is 0 Å². The Hall–Kier alpha value is -0.397. The van der Waals surface area contributed by atoms with Crippen molar-refractivity contribution in [3.8, 4) is 0 Å². The molecule has 4 unspecified atom stereocenters. The maximum atomic E-state index is 10.1. The molecule has 0 aromatic carbocycles. The van der Waals surface area contributed by atoms with E-state index in [0.29, 0.717) is 0 Å². The number of aliphatic hydroxyl groups is 4. The zero-order valence-corrected chi connectivity index (χ0v) is 10.1. The van der Waals surface area contributed by atoms with E-state index in [9.17, 15) is 9.59 Å². The van der Waals surface area contributed by atoms with Gasteiger partial charge in [-0.25, -0.2) is 4.79 Å². The van der Waals surface area contributed by atoms with E-state index in [1.54, 1.807) is 0 Å². The molecule has 7 nitrogen and oxygen atoms in total. The van der Waals surface area contributed by atoms with Gasteiger partial charge in [-0.05, 0) is 0 Å². The minimum Gasteiger partial charge on any atom is -0.479 e. The number of aldehydes is 1. The van der Waals surface area contributed by atoms with E-state index in [0.717, 1.165) is 0 Å². The van der Waals surface area contributed by atoms with Gasteiger partial charge in [0.15, 0.2) is 12.4 Å². The smallest absolute Gasteiger partial charge is 0.335 e. The van der Waals surface area contributed by atoms with Crippen LogP contribution in [0.15, 0.2) is 0 Å². The largest absolute Gasteiger partial charge is 0.479 e. The van der Waals surface area contributed by atoms with E-state index in [2.05, 4.69) is 0 Å². The first kappa shape index (κ1) is 16.0. The summed E-state index contributed by atoms with van der Waals surface area (Å²) in [7, 11) is 0. The maximum Gasteiger partial charge on any atom is 0.335 e. The summed E-state index contributed by atoms with van der Waals surface area (Å²) in [6, 6.07) is 0. The molecule has 0 aliphatic rings. The van der Waals surface area contributed by atoms with Gasteiger partial charge >= 0.3 is 5.97 Å². The second-order valence-corrected chi connectivity index (χ2v) is 2.39. The molecule has 0 aliphatic carbocycles. The zero-order valence-electron chi connectivity index (χ0n) is 7.15. The molecule has 5 N–H and O–H groups in total. The second-order valence-electron chi connectivity index (χ2n) is 2.39. The third kappa shape index (κ3) is 4.21. The number of carboxylic acid groups (broad SMARTS) is 1. The van der Waals surface area contributed by atoms with Crippen molar-refractivity contribution < 1.29 is 54.6 Å². The maximum absolute atomic E-state index is 10.1. The average molecular weight is 260 g/mol. The third-order valence-corrected chi connectivity index (χ3v) is 1.42. The van der Waals surface area contributed by atoms with Crippen LogP contribution in [0.3, 0.4) is 0 Å². The van der Waals surface area contributed by atoms with Crippen LogP contribution in [0, 0.1) is 0 Å². The van der Waals surface area contributed by atoms with Gasteiger partial charge in [0.2, 0.25) is 0 Å². The van der Waals surface area contributed by atoms with Crippen molar-refractivity contribution in [3.05, 3.63) is 0 Å². The molecular formula is C6H10O7Zn. The topological polar surface area (TPSA) is 135 Å². The normalized spacial score (nSPS) is 18.6. The summed E-state index contributed by atoms with van der Waals surface area (Å²) in [5.74, 6) is -1.76. The molecule has 0 heterocycles. The number of hydrogen-bond donors (Lipinski definition) is 5. The van der Waals surface area contributed by atoms with E-state index in [1.165, 1.54) is 0 Å². The first-order valence-electron chi connectivity index (χ1n) is 3.32. The predicted octanol–water partition coefficient (Wildman–Crippen LogP) is -3.29. The van der Waals surface area contributed by atoms with Crippen molar-refractivity contribution in [3.63, 3.8) is 0 Å². The summed E-state index contributed by atoms with van der Waals surface area (Å²) in [6.07, 6.45) is -8.39. The van der Waals surface area contributed by atoms with Crippen LogP contribution in [-0.2, 0) is 29.1 Å². The molecule has 14 heavy (non-hydrogen) atoms. The van der Waals surface area contributed by atoms with Crippen LogP contribution < -0.4 is 0 Å². The van der Waals surface area contributed by atoms with Crippen molar-refractivity contribution >= 4 is 12.3 Å². The Balaban J connectivity index is 0. The van der Waals surface area contributed by atoms with Gasteiger partial charge in [0.1, 0.15) is 18.3 Å². The van der Waals surface area contributed by atoms with E-state index >= 15 is 0 Å². The number of aliphatic hydroxyl groups excluding tert-OH is 4.